The lowest BCUT2D eigenvalue weighted by Crippen LogP contribution is -2.33. The van der Waals surface area contributed by atoms with E-state index < -0.39 is 0 Å². The van der Waals surface area contributed by atoms with Crippen molar-refractivity contribution in [3.63, 3.8) is 0 Å². The van der Waals surface area contributed by atoms with Gasteiger partial charge in [-0.05, 0) is 373 Å². The van der Waals surface area contributed by atoms with Gasteiger partial charge >= 0.3 is 23.9 Å². The van der Waals surface area contributed by atoms with Crippen LogP contribution in [0, 0.1) is 118 Å². The average molecular weight is 1430 g/mol. The number of ether oxygens (including phenoxy) is 4. The van der Waals surface area contributed by atoms with Gasteiger partial charge in [-0.2, -0.15) is 0 Å². The lowest BCUT2D eigenvalue weighted by Gasteiger charge is -2.38. The van der Waals surface area contributed by atoms with Crippen molar-refractivity contribution < 1.29 is 38.1 Å². The van der Waals surface area contributed by atoms with Crippen molar-refractivity contribution >= 4 is 23.9 Å². The molecule has 12 fully saturated rings. The third-order valence-corrected chi connectivity index (χ3v) is 31.0. The molecule has 0 bridgehead atoms. The zero-order chi connectivity index (χ0) is 72.9. The molecule has 0 aromatic heterocycles. The molecular weight excluding hydrogens is 1280 g/mol. The summed E-state index contributed by atoms with van der Waals surface area (Å²) in [5.41, 5.74) is 2.82. The van der Waals surface area contributed by atoms with Gasteiger partial charge in [-0.3, -0.25) is 19.2 Å². The highest BCUT2D eigenvalue weighted by atomic mass is 16.6. The molecule has 584 valence electrons. The monoisotopic (exact) mass is 1430 g/mol. The number of benzene rings is 2. The van der Waals surface area contributed by atoms with Crippen LogP contribution in [0.2, 0.25) is 0 Å². The highest BCUT2D eigenvalue weighted by molar-refractivity contribution is 5.76. The van der Waals surface area contributed by atoms with Gasteiger partial charge < -0.3 is 18.9 Å². The van der Waals surface area contributed by atoms with Crippen molar-refractivity contribution in [2.45, 2.75) is 388 Å². The molecule has 0 aliphatic heterocycles. The van der Waals surface area contributed by atoms with Crippen molar-refractivity contribution in [1.82, 2.24) is 0 Å². The van der Waals surface area contributed by atoms with Crippen LogP contribution >= 0.6 is 0 Å². The molecule has 0 unspecified atom stereocenters. The number of hydrogen-bond donors (Lipinski definition) is 0. The Morgan fingerprint density at radius 2 is 0.385 bits per heavy atom. The SMILES string of the molecule is CC1CCC(C(=O)OC2CCC(C3CCC(C)CC3)CC2)CC1.CC1CCC(C(=O)Oc2ccc(C3CCC(C)CC3)cc2)CC1.CC1CCC(C2CCC(OC(=O)C3CCC(C4CCC(C)CC4)CC3)CC2)CC1.CC1CCC(c2ccc(OC(=O)C3CCC(C4CCC(C)CC4)CC3)cc2)CC1. The second-order valence-corrected chi connectivity index (χ2v) is 39.1. The normalized spacial score (nSPS) is 38.6. The van der Waals surface area contributed by atoms with Gasteiger partial charge in [-0.25, -0.2) is 0 Å². The molecule has 0 spiro atoms. The number of carbonyl (C=O) groups excluding carboxylic acids is 4. The molecule has 12 aliphatic carbocycles. The van der Waals surface area contributed by atoms with Gasteiger partial charge in [0.05, 0.1) is 23.7 Å². The molecule has 0 saturated heterocycles. The smallest absolute Gasteiger partial charge is 0.314 e. The van der Waals surface area contributed by atoms with E-state index in [-0.39, 0.29) is 59.8 Å². The predicted molar refractivity (Wildman–Crippen MR) is 426 cm³/mol. The van der Waals surface area contributed by atoms with E-state index in [9.17, 15) is 19.2 Å². The molecule has 2 aromatic rings. The van der Waals surface area contributed by atoms with Crippen LogP contribution in [0.25, 0.3) is 0 Å². The minimum absolute atomic E-state index is 0.0000393. The Kier molecular flexibility index (Phi) is 32.4. The second kappa shape index (κ2) is 41.4. The zero-order valence-corrected chi connectivity index (χ0v) is 67.7. The van der Waals surface area contributed by atoms with Crippen LogP contribution in [0.3, 0.4) is 0 Å². The predicted octanol–water partition coefficient (Wildman–Crippen LogP) is 26.5. The van der Waals surface area contributed by atoms with E-state index in [2.05, 4.69) is 79.7 Å². The zero-order valence-electron chi connectivity index (χ0n) is 67.7. The number of carbonyl (C=O) groups is 4. The third kappa shape index (κ3) is 25.2. The molecule has 2 aromatic carbocycles. The molecule has 8 nitrogen and oxygen atoms in total. The maximum absolute atomic E-state index is 12.8. The molecule has 104 heavy (non-hydrogen) atoms. The summed E-state index contributed by atoms with van der Waals surface area (Å²) >= 11 is 0. The van der Waals surface area contributed by atoms with E-state index in [0.717, 1.165) is 190 Å². The topological polar surface area (TPSA) is 105 Å². The van der Waals surface area contributed by atoms with Crippen LogP contribution in [0.4, 0.5) is 0 Å². The molecule has 8 heteroatoms. The maximum atomic E-state index is 12.8. The van der Waals surface area contributed by atoms with E-state index in [0.29, 0.717) is 17.6 Å². The van der Waals surface area contributed by atoms with E-state index in [1.807, 2.05) is 24.3 Å². The quantitative estimate of drug-likeness (QED) is 0.136. The Balaban J connectivity index is 0.000000140. The van der Waals surface area contributed by atoms with Gasteiger partial charge in [-0.1, -0.05) is 157 Å². The van der Waals surface area contributed by atoms with E-state index in [1.54, 1.807) is 0 Å². The lowest BCUT2D eigenvalue weighted by atomic mass is 9.69. The minimum atomic E-state index is -0.0314. The first-order valence-electron chi connectivity index (χ1n) is 45.4. The van der Waals surface area contributed by atoms with E-state index >= 15 is 0 Å². The molecule has 12 saturated carbocycles. The summed E-state index contributed by atoms with van der Waals surface area (Å²) in [5.74, 6) is 18.1. The van der Waals surface area contributed by atoms with Crippen LogP contribution < -0.4 is 9.47 Å². The molecule has 0 heterocycles. The van der Waals surface area contributed by atoms with E-state index in [1.165, 1.54) is 229 Å². The first-order valence-corrected chi connectivity index (χ1v) is 45.4. The van der Waals surface area contributed by atoms with Gasteiger partial charge in [-0.15, -0.1) is 0 Å². The Bertz CT molecular complexity index is 2770. The Morgan fingerprint density at radius 1 is 0.212 bits per heavy atom. The van der Waals surface area contributed by atoms with Crippen molar-refractivity contribution in [2.75, 3.05) is 0 Å². The van der Waals surface area contributed by atoms with Crippen LogP contribution in [-0.4, -0.2) is 36.1 Å². The van der Waals surface area contributed by atoms with Crippen LogP contribution in [0.15, 0.2) is 48.5 Å². The van der Waals surface area contributed by atoms with Gasteiger partial charge in [0.1, 0.15) is 23.7 Å². The lowest BCUT2D eigenvalue weighted by molar-refractivity contribution is -0.158. The molecule has 0 atom stereocenters. The van der Waals surface area contributed by atoms with Crippen molar-refractivity contribution in [3.8, 4) is 11.5 Å². The Hall–Kier alpha value is -3.68. The van der Waals surface area contributed by atoms with Crippen LogP contribution in [-0.2, 0) is 28.7 Å². The number of hydrogen-bond acceptors (Lipinski definition) is 8. The summed E-state index contributed by atoms with van der Waals surface area (Å²) < 4.78 is 23.3. The first-order chi connectivity index (χ1) is 50.4. The average Bonchev–Trinajstić information content (AvgIpc) is 0.874. The second-order valence-electron chi connectivity index (χ2n) is 39.1. The summed E-state index contributed by atoms with van der Waals surface area (Å²) in [7, 11) is 0. The molecule has 0 amide bonds. The number of esters is 4. The molecule has 14 rings (SSSR count). The Labute approximate surface area is 635 Å². The molecule has 12 aliphatic rings. The summed E-state index contributed by atoms with van der Waals surface area (Å²) in [6.07, 6.45) is 61.4. The fourth-order valence-corrected chi connectivity index (χ4v) is 22.8. The third-order valence-electron chi connectivity index (χ3n) is 31.0. The van der Waals surface area contributed by atoms with Crippen LogP contribution in [0.5, 0.6) is 11.5 Å². The Morgan fingerprint density at radius 3 is 0.615 bits per heavy atom. The fourth-order valence-electron chi connectivity index (χ4n) is 22.8. The summed E-state index contributed by atoms with van der Waals surface area (Å²) in [5, 5.41) is 0. The van der Waals surface area contributed by atoms with Crippen molar-refractivity contribution in [3.05, 3.63) is 59.7 Å². The van der Waals surface area contributed by atoms with Crippen molar-refractivity contribution in [1.29, 1.82) is 0 Å². The highest BCUT2D eigenvalue weighted by Gasteiger charge is 2.39. The van der Waals surface area contributed by atoms with Gasteiger partial charge in [0.15, 0.2) is 0 Å². The van der Waals surface area contributed by atoms with Gasteiger partial charge in [0.2, 0.25) is 0 Å². The van der Waals surface area contributed by atoms with E-state index in [4.69, 9.17) is 18.9 Å². The standard InChI is InChI=1S/C27H46O2.C27H40O2.C21H36O2.C21H30O2/c2*1-19-3-7-21(8-4-19)23-11-13-25(14-12-23)27(28)29-26-17-15-24(16-18-26)22-9-5-20(2)6-10-22;2*1-15-3-7-17(8-4-15)18-11-13-20(14-12-18)23-21(22)19-9-5-16(2)6-10-19/h19-26H,3-18H2,1-2H3;15-23,25H,3-14H2,1-2H3;15-20H,3-14H2,1-2H3;11-17,19H,3-10H2,1-2H3. The molecule has 0 radical (unpaired) electrons. The van der Waals surface area contributed by atoms with Crippen LogP contribution in [0.1, 0.15) is 387 Å². The number of rotatable bonds is 14. The van der Waals surface area contributed by atoms with Crippen molar-refractivity contribution in [2.24, 2.45) is 118 Å². The largest absolute Gasteiger partial charge is 0.462 e. The molecule has 0 N–H and O–H groups in total. The fraction of sp³-hybridized carbons (Fsp3) is 0.833. The van der Waals surface area contributed by atoms with Gasteiger partial charge in [0.25, 0.3) is 0 Å². The van der Waals surface area contributed by atoms with Gasteiger partial charge in [0, 0.05) is 0 Å². The minimum Gasteiger partial charge on any atom is -0.462 e. The first kappa shape index (κ1) is 81.3. The maximum Gasteiger partial charge on any atom is 0.314 e. The summed E-state index contributed by atoms with van der Waals surface area (Å²) in [4.78, 5) is 50.1. The summed E-state index contributed by atoms with van der Waals surface area (Å²) in [6.45, 7) is 18.9. The highest BCUT2D eigenvalue weighted by Crippen LogP contribution is 2.47. The summed E-state index contributed by atoms with van der Waals surface area (Å²) in [6, 6.07) is 16.7. The molecular formula is C96H152O8.